The fourth-order valence-electron chi connectivity index (χ4n) is 2.74. The molecular weight excluding hydrogens is 335 g/mol. The average molecular weight is 353 g/mol. The molecule has 2 nitrogen and oxygen atoms in total. The maximum Gasteiger partial charge on any atom is 0.0833 e. The van der Waals surface area contributed by atoms with Crippen LogP contribution >= 0.6 is 34.5 Å². The van der Waals surface area contributed by atoms with Crippen molar-refractivity contribution in [1.82, 2.24) is 4.98 Å². The first-order valence-corrected chi connectivity index (χ1v) is 8.94. The van der Waals surface area contributed by atoms with Crippen LogP contribution in [0.4, 0.5) is 0 Å². The Morgan fingerprint density at radius 3 is 2.64 bits per heavy atom. The van der Waals surface area contributed by atoms with E-state index in [-0.39, 0.29) is 0 Å². The molecule has 1 aromatic carbocycles. The molecule has 3 rings (SSSR count). The van der Waals surface area contributed by atoms with Crippen LogP contribution in [0.25, 0.3) is 21.5 Å². The van der Waals surface area contributed by atoms with E-state index in [0.717, 1.165) is 42.4 Å². The number of rotatable bonds is 5. The van der Waals surface area contributed by atoms with Gasteiger partial charge in [-0.05, 0) is 56.5 Å². The molecule has 116 valence electrons. The smallest absolute Gasteiger partial charge is 0.0833 e. The van der Waals surface area contributed by atoms with Crippen LogP contribution in [0.5, 0.6) is 0 Å². The van der Waals surface area contributed by atoms with Crippen molar-refractivity contribution < 1.29 is 0 Å². The minimum absolute atomic E-state index is 0.581. The fraction of sp³-hybridized carbons (Fsp3) is 0.294. The molecule has 0 bridgehead atoms. The summed E-state index contributed by atoms with van der Waals surface area (Å²) in [6, 6.07) is 8.23. The van der Waals surface area contributed by atoms with Crippen molar-refractivity contribution in [1.29, 1.82) is 0 Å². The predicted molar refractivity (Wildman–Crippen MR) is 98.4 cm³/mol. The highest BCUT2D eigenvalue weighted by Crippen LogP contribution is 2.39. The van der Waals surface area contributed by atoms with Gasteiger partial charge in [-0.2, -0.15) is 0 Å². The van der Waals surface area contributed by atoms with Gasteiger partial charge in [0.25, 0.3) is 0 Å². The number of unbranched alkanes of at least 4 members (excludes halogenated alkanes) is 1. The van der Waals surface area contributed by atoms with Crippen LogP contribution < -0.4 is 5.73 Å². The molecule has 0 saturated heterocycles. The third kappa shape index (κ3) is 2.91. The first-order chi connectivity index (χ1) is 10.6. The third-order valence-electron chi connectivity index (χ3n) is 3.84. The van der Waals surface area contributed by atoms with Crippen LogP contribution in [0.1, 0.15) is 23.3 Å². The normalized spacial score (nSPS) is 11.5. The molecule has 0 radical (unpaired) electrons. The van der Waals surface area contributed by atoms with E-state index < -0.39 is 0 Å². The van der Waals surface area contributed by atoms with Crippen molar-refractivity contribution >= 4 is 45.4 Å². The third-order valence-corrected chi connectivity index (χ3v) is 5.66. The second kappa shape index (κ2) is 6.63. The molecule has 0 aliphatic rings. The van der Waals surface area contributed by atoms with E-state index in [1.165, 1.54) is 15.3 Å². The first-order valence-electron chi connectivity index (χ1n) is 7.37. The van der Waals surface area contributed by atoms with E-state index in [1.54, 1.807) is 11.3 Å². The van der Waals surface area contributed by atoms with Gasteiger partial charge in [-0.25, -0.2) is 0 Å². The van der Waals surface area contributed by atoms with Crippen molar-refractivity contribution in [2.75, 3.05) is 6.54 Å². The monoisotopic (exact) mass is 352 g/mol. The standard InChI is InChI=1S/C17H18Cl2N2S/c1-10-5-8-14(22-10)16-11(4-2-3-9-20)12-6-7-13(18)15(19)17(12)21-16/h5-8,21H,2-4,9,20H2,1H3. The van der Waals surface area contributed by atoms with E-state index in [4.69, 9.17) is 28.9 Å². The van der Waals surface area contributed by atoms with E-state index in [2.05, 4.69) is 30.1 Å². The Labute approximate surface area is 144 Å². The van der Waals surface area contributed by atoms with Crippen LogP contribution in [-0.4, -0.2) is 11.5 Å². The van der Waals surface area contributed by atoms with Gasteiger partial charge in [0.2, 0.25) is 0 Å². The zero-order valence-electron chi connectivity index (χ0n) is 12.4. The molecule has 0 aliphatic heterocycles. The van der Waals surface area contributed by atoms with Gasteiger partial charge in [-0.15, -0.1) is 11.3 Å². The Morgan fingerprint density at radius 1 is 1.14 bits per heavy atom. The molecule has 0 amide bonds. The van der Waals surface area contributed by atoms with Crippen LogP contribution in [0.2, 0.25) is 10.0 Å². The maximum atomic E-state index is 6.39. The summed E-state index contributed by atoms with van der Waals surface area (Å²) in [6.07, 6.45) is 3.08. The van der Waals surface area contributed by atoms with Crippen molar-refractivity contribution in [2.45, 2.75) is 26.2 Å². The summed E-state index contributed by atoms with van der Waals surface area (Å²) in [5.41, 5.74) is 9.03. The summed E-state index contributed by atoms with van der Waals surface area (Å²) >= 11 is 14.3. The number of aromatic amines is 1. The van der Waals surface area contributed by atoms with Gasteiger partial charge in [-0.3, -0.25) is 0 Å². The zero-order chi connectivity index (χ0) is 15.7. The summed E-state index contributed by atoms with van der Waals surface area (Å²) in [4.78, 5) is 6.03. The van der Waals surface area contributed by atoms with E-state index in [1.807, 2.05) is 6.07 Å². The Bertz CT molecular complexity index is 804. The lowest BCUT2D eigenvalue weighted by Crippen LogP contribution is -1.99. The van der Waals surface area contributed by atoms with Crippen LogP contribution in [0.3, 0.4) is 0 Å². The van der Waals surface area contributed by atoms with Crippen molar-refractivity contribution in [3.05, 3.63) is 44.8 Å². The van der Waals surface area contributed by atoms with Gasteiger partial charge in [0.05, 0.1) is 26.1 Å². The summed E-state index contributed by atoms with van der Waals surface area (Å²) in [7, 11) is 0. The Kier molecular flexibility index (Phi) is 4.79. The number of halogens is 2. The van der Waals surface area contributed by atoms with Gasteiger partial charge in [-0.1, -0.05) is 29.3 Å². The van der Waals surface area contributed by atoms with Crippen molar-refractivity contribution in [3.63, 3.8) is 0 Å². The minimum atomic E-state index is 0.581. The maximum absolute atomic E-state index is 6.39. The highest BCUT2D eigenvalue weighted by molar-refractivity contribution is 7.15. The lowest BCUT2D eigenvalue weighted by atomic mass is 10.0. The minimum Gasteiger partial charge on any atom is -0.352 e. The number of benzene rings is 1. The number of H-pyrrole nitrogens is 1. The molecular formula is C17H18Cl2N2S. The topological polar surface area (TPSA) is 41.8 Å². The predicted octanol–water partition coefficient (Wildman–Crippen LogP) is 5.79. The van der Waals surface area contributed by atoms with Gasteiger partial charge in [0, 0.05) is 10.3 Å². The summed E-state index contributed by atoms with van der Waals surface area (Å²) < 4.78 is 0. The van der Waals surface area contributed by atoms with Crippen LogP contribution in [0, 0.1) is 6.92 Å². The second-order valence-electron chi connectivity index (χ2n) is 5.42. The molecule has 5 heteroatoms. The highest BCUT2D eigenvalue weighted by Gasteiger charge is 2.17. The average Bonchev–Trinajstić information content (AvgIpc) is 3.08. The van der Waals surface area contributed by atoms with E-state index in [0.29, 0.717) is 10.0 Å². The van der Waals surface area contributed by atoms with Crippen LogP contribution in [-0.2, 0) is 6.42 Å². The molecule has 2 heterocycles. The zero-order valence-corrected chi connectivity index (χ0v) is 14.7. The van der Waals surface area contributed by atoms with Crippen molar-refractivity contribution in [3.8, 4) is 10.6 Å². The highest BCUT2D eigenvalue weighted by atomic mass is 35.5. The summed E-state index contributed by atoms with van der Waals surface area (Å²) in [5.74, 6) is 0. The Morgan fingerprint density at radius 2 is 1.95 bits per heavy atom. The fourth-order valence-corrected chi connectivity index (χ4v) is 4.01. The molecule has 0 aliphatic carbocycles. The number of thiophene rings is 1. The lowest BCUT2D eigenvalue weighted by molar-refractivity contribution is 0.748. The SMILES string of the molecule is Cc1ccc(-c2[nH]c3c(Cl)c(Cl)ccc3c2CCCCN)s1. The molecule has 22 heavy (non-hydrogen) atoms. The van der Waals surface area contributed by atoms with Gasteiger partial charge in [0.15, 0.2) is 0 Å². The number of hydrogen-bond acceptors (Lipinski definition) is 2. The van der Waals surface area contributed by atoms with Gasteiger partial charge in [0.1, 0.15) is 0 Å². The lowest BCUT2D eigenvalue weighted by Gasteiger charge is -2.03. The van der Waals surface area contributed by atoms with E-state index in [9.17, 15) is 0 Å². The quantitative estimate of drug-likeness (QED) is 0.560. The Hall–Kier alpha value is -1.00. The Balaban J connectivity index is 2.16. The van der Waals surface area contributed by atoms with Crippen molar-refractivity contribution in [2.24, 2.45) is 5.73 Å². The molecule has 0 fully saturated rings. The second-order valence-corrected chi connectivity index (χ2v) is 7.49. The molecule has 2 aromatic heterocycles. The molecule has 0 atom stereocenters. The summed E-state index contributed by atoms with van der Waals surface area (Å²) in [5, 5.41) is 2.34. The molecule has 0 saturated carbocycles. The molecule has 0 unspecified atom stereocenters. The number of nitrogens with one attached hydrogen (secondary N) is 1. The number of nitrogens with two attached hydrogens (primary N) is 1. The molecule has 0 spiro atoms. The number of fused-ring (bicyclic) bond motifs is 1. The number of hydrogen-bond donors (Lipinski definition) is 2. The van der Waals surface area contributed by atoms with Crippen LogP contribution in [0.15, 0.2) is 24.3 Å². The van der Waals surface area contributed by atoms with Gasteiger partial charge >= 0.3 is 0 Å². The molecule has 3 aromatic rings. The van der Waals surface area contributed by atoms with E-state index >= 15 is 0 Å². The molecule has 3 N–H and O–H groups in total. The number of aryl methyl sites for hydroxylation is 2. The largest absolute Gasteiger partial charge is 0.352 e. The number of aromatic nitrogens is 1. The first kappa shape index (κ1) is 15.9. The summed E-state index contributed by atoms with van der Waals surface area (Å²) in [6.45, 7) is 2.84. The van der Waals surface area contributed by atoms with Gasteiger partial charge < -0.3 is 10.7 Å².